The number of imidazole rings is 1. The van der Waals surface area contributed by atoms with Crippen molar-refractivity contribution in [1.82, 2.24) is 14.5 Å². The minimum Gasteiger partial charge on any atom is -0.326 e. The zero-order chi connectivity index (χ0) is 27.8. The lowest BCUT2D eigenvalue weighted by Crippen LogP contribution is -2.26. The Morgan fingerprint density at radius 2 is 1.44 bits per heavy atom. The summed E-state index contributed by atoms with van der Waals surface area (Å²) >= 11 is 6.28. The van der Waals surface area contributed by atoms with E-state index in [2.05, 4.69) is 111 Å². The molecule has 0 spiro atoms. The van der Waals surface area contributed by atoms with Crippen molar-refractivity contribution in [2.45, 2.75) is 85.4 Å². The molecule has 0 N–H and O–H groups in total. The molecule has 4 rings (SSSR count). The number of benzene rings is 3. The highest BCUT2D eigenvalue weighted by atomic mass is 35.5. The van der Waals surface area contributed by atoms with Gasteiger partial charge in [0.25, 0.3) is 0 Å². The molecule has 39 heavy (non-hydrogen) atoms. The third kappa shape index (κ3) is 7.62. The standard InChI is InChI=1S/C35H44ClN3/c1-6-8-23-38(25-27-15-19-30(20-16-27)35(3,4)5)26-32-33(28-17-21-31(36)22-18-28)37-34(39(32)24-9-7-2)29-13-11-10-12-14-29/h10-22H,6-9,23-26H2,1-5H3. The predicted molar refractivity (Wildman–Crippen MR) is 167 cm³/mol. The summed E-state index contributed by atoms with van der Waals surface area (Å²) in [7, 11) is 0. The smallest absolute Gasteiger partial charge is 0.140 e. The molecule has 3 nitrogen and oxygen atoms in total. The molecule has 1 aromatic heterocycles. The molecule has 0 bridgehead atoms. The largest absolute Gasteiger partial charge is 0.326 e. The first-order chi connectivity index (χ1) is 18.8. The first-order valence-corrected chi connectivity index (χ1v) is 14.9. The highest BCUT2D eigenvalue weighted by Gasteiger charge is 2.22. The Morgan fingerprint density at radius 1 is 0.769 bits per heavy atom. The van der Waals surface area contributed by atoms with Crippen LogP contribution in [0.4, 0.5) is 0 Å². The van der Waals surface area contributed by atoms with E-state index in [1.54, 1.807) is 0 Å². The van der Waals surface area contributed by atoms with Gasteiger partial charge in [0.2, 0.25) is 0 Å². The van der Waals surface area contributed by atoms with E-state index in [1.807, 2.05) is 12.1 Å². The predicted octanol–water partition coefficient (Wildman–Crippen LogP) is 9.77. The van der Waals surface area contributed by atoms with Crippen LogP contribution in [0.1, 0.15) is 77.1 Å². The van der Waals surface area contributed by atoms with E-state index in [0.717, 1.165) is 66.7 Å². The van der Waals surface area contributed by atoms with Gasteiger partial charge < -0.3 is 4.57 Å². The Hall–Kier alpha value is -2.88. The molecule has 4 aromatic rings. The second kappa shape index (κ2) is 13.5. The summed E-state index contributed by atoms with van der Waals surface area (Å²) in [4.78, 5) is 7.91. The molecule has 0 atom stereocenters. The Bertz CT molecular complexity index is 1300. The van der Waals surface area contributed by atoms with E-state index >= 15 is 0 Å². The van der Waals surface area contributed by atoms with Crippen LogP contribution in [0.25, 0.3) is 22.6 Å². The van der Waals surface area contributed by atoms with E-state index in [0.29, 0.717) is 0 Å². The van der Waals surface area contributed by atoms with Gasteiger partial charge in [0.1, 0.15) is 5.82 Å². The van der Waals surface area contributed by atoms with Crippen LogP contribution in [0.3, 0.4) is 0 Å². The van der Waals surface area contributed by atoms with E-state index in [-0.39, 0.29) is 5.41 Å². The molecule has 0 aliphatic heterocycles. The summed E-state index contributed by atoms with van der Waals surface area (Å²) in [5.74, 6) is 1.05. The van der Waals surface area contributed by atoms with Crippen LogP contribution in [0.5, 0.6) is 0 Å². The van der Waals surface area contributed by atoms with Crippen LogP contribution in [0.2, 0.25) is 5.02 Å². The van der Waals surface area contributed by atoms with Gasteiger partial charge in [-0.2, -0.15) is 0 Å². The molecular weight excluding hydrogens is 498 g/mol. The van der Waals surface area contributed by atoms with Gasteiger partial charge in [-0.25, -0.2) is 4.98 Å². The van der Waals surface area contributed by atoms with Crippen LogP contribution in [0.15, 0.2) is 78.9 Å². The summed E-state index contributed by atoms with van der Waals surface area (Å²) in [5.41, 5.74) is 7.52. The minimum absolute atomic E-state index is 0.160. The maximum absolute atomic E-state index is 6.28. The molecule has 206 valence electrons. The first-order valence-electron chi connectivity index (χ1n) is 14.5. The average Bonchev–Trinajstić information content (AvgIpc) is 3.29. The fourth-order valence-corrected chi connectivity index (χ4v) is 5.15. The lowest BCUT2D eigenvalue weighted by atomic mass is 9.87. The van der Waals surface area contributed by atoms with Crippen molar-refractivity contribution in [3.63, 3.8) is 0 Å². The Morgan fingerprint density at radius 3 is 2.05 bits per heavy atom. The number of halogens is 1. The molecule has 0 radical (unpaired) electrons. The van der Waals surface area contributed by atoms with Crippen LogP contribution in [-0.2, 0) is 25.0 Å². The molecule has 0 saturated heterocycles. The Kier molecular flexibility index (Phi) is 10.0. The maximum atomic E-state index is 6.28. The molecule has 0 saturated carbocycles. The van der Waals surface area contributed by atoms with Crippen LogP contribution in [-0.4, -0.2) is 21.0 Å². The number of hydrogen-bond acceptors (Lipinski definition) is 2. The quantitative estimate of drug-likeness (QED) is 0.178. The van der Waals surface area contributed by atoms with Crippen molar-refractivity contribution in [3.8, 4) is 22.6 Å². The van der Waals surface area contributed by atoms with E-state index in [4.69, 9.17) is 16.6 Å². The third-order valence-corrected chi connectivity index (χ3v) is 7.64. The SMILES string of the molecule is CCCCN(Cc1ccc(C(C)(C)C)cc1)Cc1c(-c2ccc(Cl)cc2)nc(-c2ccccc2)n1CCCC. The Balaban J connectivity index is 1.76. The average molecular weight is 542 g/mol. The summed E-state index contributed by atoms with van der Waals surface area (Å²) < 4.78 is 2.48. The van der Waals surface area contributed by atoms with Gasteiger partial charge in [0.05, 0.1) is 11.4 Å². The number of aromatic nitrogens is 2. The van der Waals surface area contributed by atoms with Crippen molar-refractivity contribution in [2.75, 3.05) is 6.54 Å². The molecule has 0 fully saturated rings. The van der Waals surface area contributed by atoms with Gasteiger partial charge in [0.15, 0.2) is 0 Å². The van der Waals surface area contributed by atoms with Gasteiger partial charge in [-0.3, -0.25) is 4.90 Å². The normalized spacial score (nSPS) is 11.9. The molecule has 0 amide bonds. The lowest BCUT2D eigenvalue weighted by molar-refractivity contribution is 0.246. The second-order valence-electron chi connectivity index (χ2n) is 11.6. The van der Waals surface area contributed by atoms with Gasteiger partial charge in [-0.15, -0.1) is 0 Å². The molecule has 3 aromatic carbocycles. The van der Waals surface area contributed by atoms with Crippen LogP contribution in [0, 0.1) is 0 Å². The molecule has 4 heteroatoms. The van der Waals surface area contributed by atoms with E-state index < -0.39 is 0 Å². The summed E-state index contributed by atoms with van der Waals surface area (Å²) in [6.07, 6.45) is 4.60. The summed E-state index contributed by atoms with van der Waals surface area (Å²) in [6, 6.07) is 28.0. The fraction of sp³-hybridized carbons (Fsp3) is 0.400. The number of hydrogen-bond donors (Lipinski definition) is 0. The van der Waals surface area contributed by atoms with Crippen LogP contribution < -0.4 is 0 Å². The minimum atomic E-state index is 0.160. The van der Waals surface area contributed by atoms with E-state index in [9.17, 15) is 0 Å². The lowest BCUT2D eigenvalue weighted by Gasteiger charge is -2.25. The first kappa shape index (κ1) is 29.1. The van der Waals surface area contributed by atoms with Crippen molar-refractivity contribution in [1.29, 1.82) is 0 Å². The molecule has 0 unspecified atom stereocenters. The van der Waals surface area contributed by atoms with Crippen molar-refractivity contribution in [2.24, 2.45) is 0 Å². The zero-order valence-corrected chi connectivity index (χ0v) is 25.1. The van der Waals surface area contributed by atoms with Crippen molar-refractivity contribution < 1.29 is 0 Å². The van der Waals surface area contributed by atoms with Gasteiger partial charge >= 0.3 is 0 Å². The highest BCUT2D eigenvalue weighted by molar-refractivity contribution is 6.30. The number of unbranched alkanes of at least 4 members (excludes halogenated alkanes) is 2. The number of rotatable bonds is 12. The summed E-state index contributed by atoms with van der Waals surface area (Å²) in [6.45, 7) is 15.1. The maximum Gasteiger partial charge on any atom is 0.140 e. The highest BCUT2D eigenvalue weighted by Crippen LogP contribution is 2.32. The summed E-state index contributed by atoms with van der Waals surface area (Å²) in [5, 5.41) is 0.747. The monoisotopic (exact) mass is 541 g/mol. The second-order valence-corrected chi connectivity index (χ2v) is 12.1. The van der Waals surface area contributed by atoms with Gasteiger partial charge in [-0.05, 0) is 48.1 Å². The molecule has 0 aliphatic rings. The number of nitrogens with zero attached hydrogens (tertiary/aromatic N) is 3. The zero-order valence-electron chi connectivity index (χ0n) is 24.4. The molecular formula is C35H44ClN3. The molecule has 0 aliphatic carbocycles. The van der Waals surface area contributed by atoms with E-state index in [1.165, 1.54) is 29.7 Å². The third-order valence-electron chi connectivity index (χ3n) is 7.38. The van der Waals surface area contributed by atoms with Crippen LogP contribution >= 0.6 is 11.6 Å². The van der Waals surface area contributed by atoms with Crippen molar-refractivity contribution >= 4 is 11.6 Å². The van der Waals surface area contributed by atoms with Gasteiger partial charge in [-0.1, -0.05) is 126 Å². The Labute approximate surface area is 240 Å². The van der Waals surface area contributed by atoms with Gasteiger partial charge in [0, 0.05) is 35.8 Å². The van der Waals surface area contributed by atoms with Crippen molar-refractivity contribution in [3.05, 3.63) is 101 Å². The fourth-order valence-electron chi connectivity index (χ4n) is 5.03. The molecule has 1 heterocycles. The topological polar surface area (TPSA) is 21.1 Å².